The number of unbranched alkanes of at least 4 members (excludes halogenated alkanes) is 4. The van der Waals surface area contributed by atoms with Gasteiger partial charge in [0, 0.05) is 23.0 Å². The van der Waals surface area contributed by atoms with Gasteiger partial charge >= 0.3 is 21.1 Å². The third-order valence-electron chi connectivity index (χ3n) is 10.4. The van der Waals surface area contributed by atoms with Crippen molar-refractivity contribution in [3.8, 4) is 23.0 Å². The first-order valence-corrected chi connectivity index (χ1v) is 18.8. The van der Waals surface area contributed by atoms with Crippen molar-refractivity contribution in [2.24, 2.45) is 11.8 Å². The summed E-state index contributed by atoms with van der Waals surface area (Å²) in [6.45, 7) is 20.2. The van der Waals surface area contributed by atoms with Gasteiger partial charge < -0.3 is 57.1 Å². The Hall–Kier alpha value is -2.87. The van der Waals surface area contributed by atoms with Gasteiger partial charge in [0.1, 0.15) is 23.0 Å². The Bertz CT molecular complexity index is 1390. The monoisotopic (exact) mass is 946 g/mol. The number of aliphatic hydroxyl groups is 2. The standard InChI is InChI=1S/2C22H32O3.2CH3.2H2N.Pt/c2*1-5-6-7-8-17-12-20(24)22(21(13-17)25-14-23)19-11-16(4)9-10-18(19)15(2)3;;;;;/h2*11-13,18-19,23-24H,2,5-10,14H2,1,3-4H3;2*1H3;2*1H2;/q;;4*-1;+4. The molecule has 0 aromatic heterocycles. The number of hydrogen-bond acceptors (Lipinski definition) is 6. The van der Waals surface area contributed by atoms with Gasteiger partial charge in [-0.05, 0) is 126 Å². The molecule has 0 saturated carbocycles. The number of aromatic hydroxyl groups is 2. The van der Waals surface area contributed by atoms with Crippen molar-refractivity contribution in [1.29, 1.82) is 0 Å². The number of hydrogen-bond donors (Lipinski definition) is 4. The topological polar surface area (TPSA) is 166 Å². The molecule has 0 spiro atoms. The van der Waals surface area contributed by atoms with Gasteiger partial charge in [-0.25, -0.2) is 0 Å². The minimum absolute atomic E-state index is 0. The predicted octanol–water partition coefficient (Wildman–Crippen LogP) is 13.3. The van der Waals surface area contributed by atoms with E-state index in [9.17, 15) is 20.4 Å². The zero-order chi connectivity index (χ0) is 36.8. The number of rotatable bonds is 16. The molecule has 0 radical (unpaired) electrons. The molecule has 0 amide bonds. The van der Waals surface area contributed by atoms with Crippen LogP contribution in [-0.4, -0.2) is 34.0 Å². The van der Waals surface area contributed by atoms with Crippen molar-refractivity contribution in [2.45, 2.75) is 130 Å². The Morgan fingerprint density at radius 2 is 1.00 bits per heavy atom. The van der Waals surface area contributed by atoms with Crippen molar-refractivity contribution in [1.82, 2.24) is 0 Å². The Balaban J connectivity index is -0.000000901. The second-order valence-electron chi connectivity index (χ2n) is 14.6. The summed E-state index contributed by atoms with van der Waals surface area (Å²) in [7, 11) is 0. The molecule has 9 heteroatoms. The van der Waals surface area contributed by atoms with Crippen LogP contribution in [0.1, 0.15) is 140 Å². The molecule has 2 aromatic carbocycles. The molecule has 0 saturated heterocycles. The van der Waals surface area contributed by atoms with Gasteiger partial charge in [0.2, 0.25) is 0 Å². The van der Waals surface area contributed by atoms with Gasteiger partial charge in [-0.1, -0.05) is 87.1 Å². The molecule has 4 rings (SSSR count). The Morgan fingerprint density at radius 3 is 1.29 bits per heavy atom. The normalized spacial score (nSPS) is 18.4. The molecule has 55 heavy (non-hydrogen) atoms. The van der Waals surface area contributed by atoms with E-state index in [1.54, 1.807) is 0 Å². The average Bonchev–Trinajstić information content (AvgIpc) is 3.05. The summed E-state index contributed by atoms with van der Waals surface area (Å²) in [6, 6.07) is 7.69. The number of allylic oxidation sites excluding steroid dienone is 6. The van der Waals surface area contributed by atoms with Gasteiger partial charge in [0.15, 0.2) is 13.6 Å². The van der Waals surface area contributed by atoms with Crippen LogP contribution in [0.5, 0.6) is 23.0 Å². The Labute approximate surface area is 349 Å². The number of ether oxygens (including phenoxy) is 2. The van der Waals surface area contributed by atoms with E-state index >= 15 is 0 Å². The van der Waals surface area contributed by atoms with Crippen LogP contribution in [0.15, 0.2) is 71.9 Å². The maximum absolute atomic E-state index is 10.8. The molecule has 2 aliphatic carbocycles. The first kappa shape index (κ1) is 56.5. The number of phenols is 2. The molecular weight excluding hydrogens is 872 g/mol. The summed E-state index contributed by atoms with van der Waals surface area (Å²) in [5, 5.41) is 40.2. The summed E-state index contributed by atoms with van der Waals surface area (Å²) in [4.78, 5) is 0. The number of aliphatic hydroxyl groups excluding tert-OH is 2. The summed E-state index contributed by atoms with van der Waals surface area (Å²) < 4.78 is 11.0. The molecule has 4 atom stereocenters. The second kappa shape index (κ2) is 28.5. The molecule has 0 bridgehead atoms. The molecule has 0 heterocycles. The van der Waals surface area contributed by atoms with Crippen molar-refractivity contribution >= 4 is 0 Å². The Kier molecular flexibility index (Phi) is 29.3. The van der Waals surface area contributed by atoms with Crippen molar-refractivity contribution < 1.29 is 51.0 Å². The van der Waals surface area contributed by atoms with Crippen LogP contribution in [-0.2, 0) is 33.9 Å². The van der Waals surface area contributed by atoms with E-state index in [1.165, 1.54) is 24.0 Å². The number of aryl methyl sites for hydroxylation is 2. The van der Waals surface area contributed by atoms with E-state index in [0.29, 0.717) is 11.5 Å². The maximum Gasteiger partial charge on any atom is 4.00 e. The molecule has 4 unspecified atom stereocenters. The molecular formula is C46H74N2O6Pt. The van der Waals surface area contributed by atoms with Crippen molar-refractivity contribution in [3.63, 3.8) is 0 Å². The van der Waals surface area contributed by atoms with E-state index in [0.717, 1.165) is 97.6 Å². The van der Waals surface area contributed by atoms with E-state index in [-0.39, 0.29) is 83.4 Å². The zero-order valence-electron chi connectivity index (χ0n) is 35.2. The molecule has 0 aliphatic heterocycles. The van der Waals surface area contributed by atoms with Crippen LogP contribution in [0.4, 0.5) is 0 Å². The first-order chi connectivity index (χ1) is 23.9. The second-order valence-corrected chi connectivity index (χ2v) is 14.6. The maximum atomic E-state index is 10.8. The first-order valence-electron chi connectivity index (χ1n) is 18.8. The number of nitrogens with two attached hydrogens (primary N) is 2. The fourth-order valence-corrected chi connectivity index (χ4v) is 7.64. The van der Waals surface area contributed by atoms with Gasteiger partial charge in [0.25, 0.3) is 0 Å². The summed E-state index contributed by atoms with van der Waals surface area (Å²) in [5.41, 5.74) is 8.56. The van der Waals surface area contributed by atoms with E-state index < -0.39 is 13.6 Å². The van der Waals surface area contributed by atoms with E-state index in [2.05, 4.69) is 66.9 Å². The van der Waals surface area contributed by atoms with E-state index in [1.807, 2.05) is 24.3 Å². The van der Waals surface area contributed by atoms with Gasteiger partial charge in [-0.2, -0.15) is 0 Å². The fraction of sp³-hybridized carbons (Fsp3) is 0.522. The summed E-state index contributed by atoms with van der Waals surface area (Å²) >= 11 is 0. The van der Waals surface area contributed by atoms with Gasteiger partial charge in [-0.15, -0.1) is 0 Å². The predicted molar refractivity (Wildman–Crippen MR) is 230 cm³/mol. The van der Waals surface area contributed by atoms with Crippen LogP contribution >= 0.6 is 0 Å². The zero-order valence-corrected chi connectivity index (χ0v) is 37.4. The third kappa shape index (κ3) is 16.3. The quantitative estimate of drug-likeness (QED) is 0.0566. The van der Waals surface area contributed by atoms with E-state index in [4.69, 9.17) is 9.47 Å². The minimum Gasteiger partial charge on any atom is -0.693 e. The SMILES string of the molecule is C=C(C)C1CCC(C)=CC1c1c(O)cc(CCCCC)cc1OCO.C=C(C)C1CCC(C)=CC1c1c(O)cc(CCCCC)cc1OCO.[CH3-].[CH3-].[NH2-].[NH2-].[Pt+4]. The van der Waals surface area contributed by atoms with Crippen LogP contribution in [0, 0.1) is 26.7 Å². The molecule has 8 nitrogen and oxygen atoms in total. The van der Waals surface area contributed by atoms with Crippen LogP contribution in [0.2, 0.25) is 0 Å². The molecule has 8 N–H and O–H groups in total. The van der Waals surface area contributed by atoms with Gasteiger partial charge in [0.05, 0.1) is 0 Å². The van der Waals surface area contributed by atoms with Crippen LogP contribution in [0.25, 0.3) is 12.3 Å². The number of benzene rings is 2. The van der Waals surface area contributed by atoms with Crippen molar-refractivity contribution in [2.75, 3.05) is 13.6 Å². The molecule has 2 aliphatic rings. The summed E-state index contributed by atoms with van der Waals surface area (Å²) in [6.07, 6.45) is 17.3. The largest absolute Gasteiger partial charge is 4.00 e. The van der Waals surface area contributed by atoms with Crippen LogP contribution in [0.3, 0.4) is 0 Å². The molecule has 2 aromatic rings. The van der Waals surface area contributed by atoms with Crippen LogP contribution < -0.4 is 9.47 Å². The van der Waals surface area contributed by atoms with Gasteiger partial charge in [-0.3, -0.25) is 0 Å². The third-order valence-corrected chi connectivity index (χ3v) is 10.4. The number of phenolic OH excluding ortho intramolecular Hbond substituents is 2. The molecule has 314 valence electrons. The Morgan fingerprint density at radius 1 is 0.655 bits per heavy atom. The minimum atomic E-state index is -0.391. The average molecular weight is 946 g/mol. The fourth-order valence-electron chi connectivity index (χ4n) is 7.64. The summed E-state index contributed by atoms with van der Waals surface area (Å²) in [5.74, 6) is 2.35. The smallest absolute Gasteiger partial charge is 0.693 e. The molecule has 0 fully saturated rings. The van der Waals surface area contributed by atoms with Crippen molar-refractivity contribution in [3.05, 3.63) is 121 Å².